The number of nitrogens with one attached hydrogen (secondary N) is 1. The number of aryl methyl sites for hydroxylation is 1. The van der Waals surface area contributed by atoms with Crippen molar-refractivity contribution < 1.29 is 22.7 Å². The van der Waals surface area contributed by atoms with E-state index < -0.39 is 35.7 Å². The number of aromatic nitrogens is 2. The molecule has 2 aliphatic heterocycles. The number of benzene rings is 1. The molecule has 0 radical (unpaired) electrons. The fourth-order valence-electron chi connectivity index (χ4n) is 5.09. The Hall–Kier alpha value is -3.97. The minimum absolute atomic E-state index is 0.0706. The van der Waals surface area contributed by atoms with Gasteiger partial charge in [0.05, 0.1) is 36.7 Å². The van der Waals surface area contributed by atoms with Gasteiger partial charge in [0.2, 0.25) is 0 Å². The number of carbonyl (C=O) groups excluding carboxylic acids is 1. The number of morpholine rings is 1. The fraction of sp³-hybridized carbons (Fsp3) is 0.357. The maximum absolute atomic E-state index is 14.1. The molecule has 2 aromatic heterocycles. The highest BCUT2D eigenvalue weighted by molar-refractivity contribution is 6.04. The van der Waals surface area contributed by atoms with Crippen molar-refractivity contribution in [2.24, 2.45) is 5.41 Å². The quantitative estimate of drug-likeness (QED) is 0.505. The third kappa shape index (κ3) is 4.58. The predicted molar refractivity (Wildman–Crippen MR) is 136 cm³/mol. The van der Waals surface area contributed by atoms with Gasteiger partial charge in [0.1, 0.15) is 17.8 Å². The zero-order valence-electron chi connectivity index (χ0n) is 21.0. The molecule has 2 atom stereocenters. The summed E-state index contributed by atoms with van der Waals surface area (Å²) in [5.74, 6) is -3.70. The smallest absolute Gasteiger partial charge is 0.286 e. The van der Waals surface area contributed by atoms with Crippen LogP contribution in [0.2, 0.25) is 0 Å². The van der Waals surface area contributed by atoms with Crippen LogP contribution in [-0.4, -0.2) is 48.4 Å². The van der Waals surface area contributed by atoms with E-state index in [0.717, 1.165) is 35.4 Å². The maximum Gasteiger partial charge on any atom is 0.286 e. The number of carbonyl (C=O) groups is 1. The van der Waals surface area contributed by atoms with E-state index >= 15 is 0 Å². The molecule has 1 N–H and O–H groups in total. The first kappa shape index (κ1) is 25.7. The van der Waals surface area contributed by atoms with Crippen LogP contribution in [0.4, 0.5) is 24.5 Å². The van der Waals surface area contributed by atoms with Gasteiger partial charge in [-0.3, -0.25) is 14.8 Å². The lowest BCUT2D eigenvalue weighted by molar-refractivity contribution is 0.0127. The molecule has 0 bridgehead atoms. The molecular formula is C28H26F3N5O2. The number of pyridine rings is 2. The maximum atomic E-state index is 14.1. The average Bonchev–Trinajstić information content (AvgIpc) is 2.93. The second kappa shape index (κ2) is 9.72. The summed E-state index contributed by atoms with van der Waals surface area (Å²) in [5.41, 5.74) is 2.92. The Morgan fingerprint density at radius 1 is 1.29 bits per heavy atom. The summed E-state index contributed by atoms with van der Waals surface area (Å²) in [4.78, 5) is 23.1. The molecule has 38 heavy (non-hydrogen) atoms. The van der Waals surface area contributed by atoms with Crippen LogP contribution in [0.3, 0.4) is 0 Å². The summed E-state index contributed by atoms with van der Waals surface area (Å²) >= 11 is 0. The lowest BCUT2D eigenvalue weighted by Crippen LogP contribution is -2.59. The number of rotatable bonds is 5. The molecule has 0 unspecified atom stereocenters. The zero-order chi connectivity index (χ0) is 27.1. The van der Waals surface area contributed by atoms with Crippen LogP contribution in [0, 0.1) is 23.7 Å². The molecule has 1 fully saturated rings. The van der Waals surface area contributed by atoms with Crippen molar-refractivity contribution in [3.8, 4) is 17.2 Å². The van der Waals surface area contributed by atoms with E-state index in [-0.39, 0.29) is 18.6 Å². The van der Waals surface area contributed by atoms with Crippen LogP contribution in [0.15, 0.2) is 48.8 Å². The van der Waals surface area contributed by atoms with Crippen LogP contribution in [0.5, 0.6) is 0 Å². The van der Waals surface area contributed by atoms with Crippen molar-refractivity contribution in [2.75, 3.05) is 36.6 Å². The molecule has 1 saturated heterocycles. The Morgan fingerprint density at radius 3 is 2.84 bits per heavy atom. The molecule has 196 valence electrons. The van der Waals surface area contributed by atoms with Gasteiger partial charge in [-0.1, -0.05) is 6.07 Å². The molecule has 5 rings (SSSR count). The van der Waals surface area contributed by atoms with E-state index in [4.69, 9.17) is 4.74 Å². The van der Waals surface area contributed by atoms with E-state index in [2.05, 4.69) is 21.4 Å². The molecule has 2 aliphatic rings. The van der Waals surface area contributed by atoms with Crippen molar-refractivity contribution in [2.45, 2.75) is 32.2 Å². The summed E-state index contributed by atoms with van der Waals surface area (Å²) in [6, 6.07) is 11.6. The minimum Gasteiger partial charge on any atom is -0.377 e. The average molecular weight is 522 g/mol. The van der Waals surface area contributed by atoms with Crippen LogP contribution in [0.1, 0.15) is 34.2 Å². The fourth-order valence-corrected chi connectivity index (χ4v) is 5.09. The number of nitrogens with zero attached hydrogens (tertiary/aromatic N) is 4. The van der Waals surface area contributed by atoms with E-state index in [9.17, 15) is 23.2 Å². The number of amides is 1. The molecule has 1 amide bonds. The highest BCUT2D eigenvalue weighted by atomic mass is 19.3. The SMILES string of the molecule is Cc1ccc(NC(=O)c2ccnc(C(C)(F)F)c2)cc1-c1cnc2c(c1)N1CCOC[C@H]1[C@](C#N)(CF)C2. The van der Waals surface area contributed by atoms with Gasteiger partial charge in [-0.15, -0.1) is 0 Å². The third-order valence-electron chi connectivity index (χ3n) is 7.25. The number of fused-ring (bicyclic) bond motifs is 3. The van der Waals surface area contributed by atoms with Crippen molar-refractivity contribution >= 4 is 17.3 Å². The van der Waals surface area contributed by atoms with E-state index in [1.807, 2.05) is 24.0 Å². The van der Waals surface area contributed by atoms with Gasteiger partial charge in [0.15, 0.2) is 0 Å². The number of alkyl halides is 3. The second-order valence-electron chi connectivity index (χ2n) is 9.85. The van der Waals surface area contributed by atoms with Gasteiger partial charge in [-0.25, -0.2) is 4.39 Å². The van der Waals surface area contributed by atoms with Gasteiger partial charge >= 0.3 is 0 Å². The largest absolute Gasteiger partial charge is 0.377 e. The highest BCUT2D eigenvalue weighted by Gasteiger charge is 2.49. The lowest BCUT2D eigenvalue weighted by Gasteiger charge is -2.48. The Labute approximate surface area is 218 Å². The Bertz CT molecular complexity index is 1430. The molecule has 1 aromatic carbocycles. The van der Waals surface area contributed by atoms with E-state index in [1.54, 1.807) is 18.3 Å². The van der Waals surface area contributed by atoms with Gasteiger partial charge < -0.3 is 15.0 Å². The Kier molecular flexibility index (Phi) is 6.57. The Morgan fingerprint density at radius 2 is 2.11 bits per heavy atom. The summed E-state index contributed by atoms with van der Waals surface area (Å²) in [6.45, 7) is 3.13. The van der Waals surface area contributed by atoms with E-state index in [0.29, 0.717) is 24.5 Å². The van der Waals surface area contributed by atoms with Crippen molar-refractivity contribution in [1.29, 1.82) is 5.26 Å². The van der Waals surface area contributed by atoms with Crippen LogP contribution in [0.25, 0.3) is 11.1 Å². The van der Waals surface area contributed by atoms with Crippen molar-refractivity contribution in [3.05, 3.63) is 71.3 Å². The molecule has 10 heteroatoms. The van der Waals surface area contributed by atoms with Gasteiger partial charge in [-0.05, 0) is 48.4 Å². The molecule has 0 spiro atoms. The van der Waals surface area contributed by atoms with Crippen LogP contribution < -0.4 is 10.2 Å². The van der Waals surface area contributed by atoms with Crippen molar-refractivity contribution in [3.63, 3.8) is 0 Å². The monoisotopic (exact) mass is 521 g/mol. The van der Waals surface area contributed by atoms with Crippen molar-refractivity contribution in [1.82, 2.24) is 9.97 Å². The van der Waals surface area contributed by atoms with Crippen LogP contribution in [-0.2, 0) is 17.1 Å². The summed E-state index contributed by atoms with van der Waals surface area (Å²) < 4.78 is 47.1. The molecular weight excluding hydrogens is 495 g/mol. The first-order valence-electron chi connectivity index (χ1n) is 12.2. The molecule has 3 aromatic rings. The molecule has 0 saturated carbocycles. The summed E-state index contributed by atoms with van der Waals surface area (Å²) in [7, 11) is 0. The molecule has 7 nitrogen and oxygen atoms in total. The number of anilines is 2. The third-order valence-corrected chi connectivity index (χ3v) is 7.25. The van der Waals surface area contributed by atoms with Gasteiger partial charge in [-0.2, -0.15) is 14.0 Å². The van der Waals surface area contributed by atoms with Crippen LogP contribution >= 0.6 is 0 Å². The van der Waals surface area contributed by atoms with E-state index in [1.165, 1.54) is 12.3 Å². The summed E-state index contributed by atoms with van der Waals surface area (Å²) in [5, 5.41) is 12.6. The van der Waals surface area contributed by atoms with Gasteiger partial charge in [0.25, 0.3) is 11.8 Å². The number of halogens is 3. The number of ether oxygens (including phenoxy) is 1. The standard InChI is InChI=1S/C28H26F3N5O2/c1-17-3-4-20(35-26(37)18-5-6-33-24(10-18)27(2,30)31)11-21(17)19-9-23-22(34-13-19)12-28(15-29,16-32)25-14-38-8-7-36(23)25/h3-6,9-11,13,25H,7-8,12,14-15H2,1-2H3,(H,35,37)/t25-,28-/m0/s1. The molecule has 0 aliphatic carbocycles. The number of hydrogen-bond donors (Lipinski definition) is 1. The summed E-state index contributed by atoms with van der Waals surface area (Å²) in [6.07, 6.45) is 3.07. The lowest BCUT2D eigenvalue weighted by atomic mass is 9.74. The second-order valence-corrected chi connectivity index (χ2v) is 9.85. The topological polar surface area (TPSA) is 91.1 Å². The molecule has 4 heterocycles. The highest BCUT2D eigenvalue weighted by Crippen LogP contribution is 2.43. The zero-order valence-corrected chi connectivity index (χ0v) is 21.0. The number of nitriles is 1. The first-order valence-corrected chi connectivity index (χ1v) is 12.2. The minimum atomic E-state index is -3.16. The first-order chi connectivity index (χ1) is 18.1. The van der Waals surface area contributed by atoms with Gasteiger partial charge in [0, 0.05) is 49.1 Å². The number of hydrogen-bond acceptors (Lipinski definition) is 6. The Balaban J connectivity index is 1.46. The predicted octanol–water partition coefficient (Wildman–Crippen LogP) is 5.06. The normalized spacial score (nSPS) is 20.7.